The minimum Gasteiger partial charge on any atom is -0.382 e. The molecule has 2 N–H and O–H groups in total. The Morgan fingerprint density at radius 3 is 3.05 bits per heavy atom. The summed E-state index contributed by atoms with van der Waals surface area (Å²) in [6.07, 6.45) is 6.90. The maximum absolute atomic E-state index is 5.49. The molecule has 3 rings (SSSR count). The summed E-state index contributed by atoms with van der Waals surface area (Å²) >= 11 is 0. The van der Waals surface area contributed by atoms with Gasteiger partial charge in [-0.15, -0.1) is 0 Å². The summed E-state index contributed by atoms with van der Waals surface area (Å²) in [5.41, 5.74) is 3.37. The summed E-state index contributed by atoms with van der Waals surface area (Å²) in [4.78, 5) is 0. The normalized spacial score (nSPS) is 22.6. The second kappa shape index (κ2) is 6.09. The van der Waals surface area contributed by atoms with Crippen molar-refractivity contribution in [3.63, 3.8) is 0 Å². The molecular formula is C16H21N3O. The molecule has 1 aromatic heterocycles. The van der Waals surface area contributed by atoms with E-state index in [1.807, 2.05) is 13.2 Å². The van der Waals surface area contributed by atoms with Crippen LogP contribution >= 0.6 is 0 Å². The smallest absolute Gasteiger partial charge is 0.0650 e. The summed E-state index contributed by atoms with van der Waals surface area (Å²) in [5, 5.41) is 10.6. The molecule has 4 nitrogen and oxygen atoms in total. The predicted molar refractivity (Wildman–Crippen MR) is 80.7 cm³/mol. The number of H-pyrrole nitrogens is 1. The molecule has 1 heterocycles. The number of hydrogen-bond acceptors (Lipinski definition) is 3. The number of aromatic nitrogens is 2. The van der Waals surface area contributed by atoms with Gasteiger partial charge in [0.1, 0.15) is 0 Å². The van der Waals surface area contributed by atoms with E-state index in [4.69, 9.17) is 4.74 Å². The lowest BCUT2D eigenvalue weighted by Gasteiger charge is -2.29. The van der Waals surface area contributed by atoms with Crippen molar-refractivity contribution in [3.05, 3.63) is 36.5 Å². The molecule has 4 heteroatoms. The standard InChI is InChI=1S/C16H21N3O/c1-20-15-7-3-6-14(11-15)18-13-5-2-4-12(10-13)16-8-9-17-19-16/h2,4-5,8-10,14-15,18H,3,6-7,11H2,1H3,(H,17,19). The SMILES string of the molecule is COC1CCCC(Nc2cccc(-c3ccn[nH]3)c2)C1. The van der Waals surface area contributed by atoms with Crippen LogP contribution in [0.2, 0.25) is 0 Å². The van der Waals surface area contributed by atoms with Crippen LogP contribution in [-0.2, 0) is 4.74 Å². The van der Waals surface area contributed by atoms with Crippen molar-refractivity contribution in [1.82, 2.24) is 10.2 Å². The first-order chi connectivity index (χ1) is 9.85. The molecule has 1 aliphatic rings. The molecule has 0 aliphatic heterocycles. The number of nitrogens with one attached hydrogen (secondary N) is 2. The maximum Gasteiger partial charge on any atom is 0.0650 e. The van der Waals surface area contributed by atoms with Gasteiger partial charge < -0.3 is 10.1 Å². The first-order valence-corrected chi connectivity index (χ1v) is 7.24. The minimum atomic E-state index is 0.400. The zero-order valence-electron chi connectivity index (χ0n) is 11.8. The van der Waals surface area contributed by atoms with E-state index >= 15 is 0 Å². The first kappa shape index (κ1) is 13.2. The molecule has 1 aromatic carbocycles. The van der Waals surface area contributed by atoms with Gasteiger partial charge in [0.2, 0.25) is 0 Å². The summed E-state index contributed by atoms with van der Waals surface area (Å²) in [6.45, 7) is 0. The number of methoxy groups -OCH3 is 1. The highest BCUT2D eigenvalue weighted by Crippen LogP contribution is 2.26. The average Bonchev–Trinajstić information content (AvgIpc) is 3.02. The monoisotopic (exact) mass is 271 g/mol. The summed E-state index contributed by atoms with van der Waals surface area (Å²) in [5.74, 6) is 0. The zero-order chi connectivity index (χ0) is 13.8. The Kier molecular flexibility index (Phi) is 4.02. The van der Waals surface area contributed by atoms with Crippen molar-refractivity contribution in [2.75, 3.05) is 12.4 Å². The van der Waals surface area contributed by atoms with Gasteiger partial charge in [0.25, 0.3) is 0 Å². The number of hydrogen-bond donors (Lipinski definition) is 2. The van der Waals surface area contributed by atoms with Gasteiger partial charge in [-0.25, -0.2) is 0 Å². The molecule has 0 bridgehead atoms. The van der Waals surface area contributed by atoms with E-state index in [-0.39, 0.29) is 0 Å². The fraction of sp³-hybridized carbons (Fsp3) is 0.438. The van der Waals surface area contributed by atoms with Crippen LogP contribution in [0.3, 0.4) is 0 Å². The third-order valence-corrected chi connectivity index (χ3v) is 4.00. The van der Waals surface area contributed by atoms with E-state index < -0.39 is 0 Å². The van der Waals surface area contributed by atoms with Gasteiger partial charge in [0, 0.05) is 30.6 Å². The van der Waals surface area contributed by atoms with Gasteiger partial charge in [0.05, 0.1) is 11.8 Å². The van der Waals surface area contributed by atoms with Gasteiger partial charge in [-0.05, 0) is 43.9 Å². The van der Waals surface area contributed by atoms with Gasteiger partial charge in [-0.3, -0.25) is 5.10 Å². The molecule has 1 aliphatic carbocycles. The third kappa shape index (κ3) is 3.02. The highest BCUT2D eigenvalue weighted by molar-refractivity contribution is 5.64. The van der Waals surface area contributed by atoms with Crippen molar-refractivity contribution in [1.29, 1.82) is 0 Å². The Morgan fingerprint density at radius 2 is 2.25 bits per heavy atom. The third-order valence-electron chi connectivity index (χ3n) is 4.00. The fourth-order valence-corrected chi connectivity index (χ4v) is 2.92. The molecule has 106 valence electrons. The van der Waals surface area contributed by atoms with Crippen LogP contribution in [0.1, 0.15) is 25.7 Å². The second-order valence-electron chi connectivity index (χ2n) is 5.42. The molecule has 2 unspecified atom stereocenters. The molecule has 0 spiro atoms. The number of ether oxygens (including phenoxy) is 1. The molecule has 0 saturated heterocycles. The van der Waals surface area contributed by atoms with E-state index in [0.717, 1.165) is 17.7 Å². The van der Waals surface area contributed by atoms with Gasteiger partial charge in [-0.1, -0.05) is 12.1 Å². The Balaban J connectivity index is 1.70. The topological polar surface area (TPSA) is 49.9 Å². The summed E-state index contributed by atoms with van der Waals surface area (Å²) in [7, 11) is 1.81. The highest BCUT2D eigenvalue weighted by atomic mass is 16.5. The maximum atomic E-state index is 5.49. The van der Waals surface area contributed by atoms with Crippen LogP contribution in [0.25, 0.3) is 11.3 Å². The molecule has 2 atom stereocenters. The number of rotatable bonds is 4. The average molecular weight is 271 g/mol. The minimum absolute atomic E-state index is 0.400. The van der Waals surface area contributed by atoms with Gasteiger partial charge >= 0.3 is 0 Å². The van der Waals surface area contributed by atoms with Gasteiger partial charge in [-0.2, -0.15) is 5.10 Å². The van der Waals surface area contributed by atoms with Crippen LogP contribution in [0, 0.1) is 0 Å². The Bertz CT molecular complexity index is 538. The van der Waals surface area contributed by atoms with E-state index in [2.05, 4.69) is 39.8 Å². The van der Waals surface area contributed by atoms with Crippen molar-refractivity contribution < 1.29 is 4.74 Å². The Hall–Kier alpha value is -1.81. The molecule has 0 radical (unpaired) electrons. The molecular weight excluding hydrogens is 250 g/mol. The van der Waals surface area contributed by atoms with Crippen LogP contribution < -0.4 is 5.32 Å². The Morgan fingerprint density at radius 1 is 1.30 bits per heavy atom. The molecule has 0 amide bonds. The number of nitrogens with zero attached hydrogens (tertiary/aromatic N) is 1. The second-order valence-corrected chi connectivity index (χ2v) is 5.42. The number of aromatic amines is 1. The van der Waals surface area contributed by atoms with Crippen LogP contribution in [0.4, 0.5) is 5.69 Å². The molecule has 1 fully saturated rings. The van der Waals surface area contributed by atoms with Crippen LogP contribution in [0.5, 0.6) is 0 Å². The van der Waals surface area contributed by atoms with Crippen LogP contribution in [0.15, 0.2) is 36.5 Å². The lowest BCUT2D eigenvalue weighted by Crippen LogP contribution is -2.30. The van der Waals surface area contributed by atoms with Crippen molar-refractivity contribution in [3.8, 4) is 11.3 Å². The first-order valence-electron chi connectivity index (χ1n) is 7.24. The molecule has 2 aromatic rings. The lowest BCUT2D eigenvalue weighted by atomic mass is 9.92. The predicted octanol–water partition coefficient (Wildman–Crippen LogP) is 3.45. The number of anilines is 1. The molecule has 1 saturated carbocycles. The zero-order valence-corrected chi connectivity index (χ0v) is 11.8. The van der Waals surface area contributed by atoms with E-state index in [9.17, 15) is 0 Å². The summed E-state index contributed by atoms with van der Waals surface area (Å²) < 4.78 is 5.49. The van der Waals surface area contributed by atoms with E-state index in [1.54, 1.807) is 6.20 Å². The molecule has 20 heavy (non-hydrogen) atoms. The van der Waals surface area contributed by atoms with Gasteiger partial charge in [0.15, 0.2) is 0 Å². The largest absolute Gasteiger partial charge is 0.382 e. The Labute approximate surface area is 119 Å². The summed E-state index contributed by atoms with van der Waals surface area (Å²) in [6, 6.07) is 11.0. The lowest BCUT2D eigenvalue weighted by molar-refractivity contribution is 0.0669. The van der Waals surface area contributed by atoms with Crippen molar-refractivity contribution >= 4 is 5.69 Å². The van der Waals surface area contributed by atoms with E-state index in [0.29, 0.717) is 12.1 Å². The fourth-order valence-electron chi connectivity index (χ4n) is 2.92. The van der Waals surface area contributed by atoms with Crippen LogP contribution in [-0.4, -0.2) is 29.5 Å². The highest BCUT2D eigenvalue weighted by Gasteiger charge is 2.21. The van der Waals surface area contributed by atoms with E-state index in [1.165, 1.54) is 24.9 Å². The number of benzene rings is 1. The van der Waals surface area contributed by atoms with Crippen molar-refractivity contribution in [2.24, 2.45) is 0 Å². The quantitative estimate of drug-likeness (QED) is 0.895. The van der Waals surface area contributed by atoms with Crippen molar-refractivity contribution in [2.45, 2.75) is 37.8 Å².